The molecule has 0 aliphatic heterocycles. The van der Waals surface area contributed by atoms with Gasteiger partial charge in [0.05, 0.1) is 0 Å². The molecule has 0 heterocycles. The van der Waals surface area contributed by atoms with Gasteiger partial charge in [-0.15, -0.1) is 0 Å². The Morgan fingerprint density at radius 1 is 0.857 bits per heavy atom. The molecule has 4 amide bonds. The molecule has 28 heavy (non-hydrogen) atoms. The maximum atomic E-state index is 11.1. The second-order valence-electron chi connectivity index (χ2n) is 5.21. The molecule has 0 radical (unpaired) electrons. The van der Waals surface area contributed by atoms with Crippen molar-refractivity contribution in [1.29, 1.82) is 0 Å². The first-order valence-corrected chi connectivity index (χ1v) is 7.80. The number of amides is 4. The maximum absolute atomic E-state index is 11.1. The number of nitrogens with one attached hydrogen (secondary N) is 2. The molecule has 6 N–H and O–H groups in total. The molecular weight excluding hydrogens is 372 g/mol. The van der Waals surface area contributed by atoms with Gasteiger partial charge in [0.1, 0.15) is 24.6 Å². The Kier molecular flexibility index (Phi) is 8.60. The van der Waals surface area contributed by atoms with Crippen molar-refractivity contribution >= 4 is 35.4 Å². The number of nitrogens with two attached hydrogens (primary N) is 2. The summed E-state index contributed by atoms with van der Waals surface area (Å²) < 4.78 is 9.83. The van der Waals surface area contributed by atoms with Crippen LogP contribution >= 0.6 is 0 Å². The van der Waals surface area contributed by atoms with Gasteiger partial charge in [-0.3, -0.25) is 9.59 Å². The van der Waals surface area contributed by atoms with Gasteiger partial charge in [-0.2, -0.15) is 10.2 Å². The number of hydrogen-bond donors (Lipinski definition) is 4. The van der Waals surface area contributed by atoms with E-state index in [9.17, 15) is 19.2 Å². The first-order chi connectivity index (χ1) is 13.2. The van der Waals surface area contributed by atoms with Crippen molar-refractivity contribution in [2.45, 2.75) is 13.8 Å². The van der Waals surface area contributed by atoms with Crippen LogP contribution in [0.25, 0.3) is 0 Å². The van der Waals surface area contributed by atoms with Gasteiger partial charge in [0.25, 0.3) is 0 Å². The number of carbonyl (C=O) groups is 4. The van der Waals surface area contributed by atoms with Crippen LogP contribution in [0, 0.1) is 0 Å². The minimum absolute atomic E-state index is 0.186. The molecule has 0 atom stereocenters. The molecule has 0 spiro atoms. The van der Waals surface area contributed by atoms with Crippen molar-refractivity contribution in [3.05, 3.63) is 35.4 Å². The Bertz CT molecular complexity index is 756. The summed E-state index contributed by atoms with van der Waals surface area (Å²) in [5, 5.41) is 7.63. The largest absolute Gasteiger partial charge is 0.459 e. The molecule has 0 aromatic heterocycles. The Labute approximate surface area is 159 Å². The van der Waals surface area contributed by atoms with Gasteiger partial charge in [0.15, 0.2) is 0 Å². The first kappa shape index (κ1) is 22.1. The van der Waals surface area contributed by atoms with E-state index in [1.54, 1.807) is 24.3 Å². The van der Waals surface area contributed by atoms with Crippen LogP contribution < -0.4 is 22.3 Å². The summed E-state index contributed by atoms with van der Waals surface area (Å²) in [4.78, 5) is 44.0. The predicted molar refractivity (Wildman–Crippen MR) is 98.2 cm³/mol. The van der Waals surface area contributed by atoms with Crippen LogP contribution in [-0.2, 0) is 19.1 Å². The van der Waals surface area contributed by atoms with Crippen LogP contribution in [-0.4, -0.2) is 48.6 Å². The Morgan fingerprint density at radius 3 is 1.57 bits per heavy atom. The molecule has 1 aromatic carbocycles. The number of rotatable bonds is 8. The number of benzene rings is 1. The van der Waals surface area contributed by atoms with Gasteiger partial charge in [-0.25, -0.2) is 20.4 Å². The number of urea groups is 2. The average Bonchev–Trinajstić information content (AvgIpc) is 2.61. The third-order valence-corrected chi connectivity index (χ3v) is 2.96. The third kappa shape index (κ3) is 8.42. The predicted octanol–water partition coefficient (Wildman–Crippen LogP) is -0.442. The van der Waals surface area contributed by atoms with Crippen LogP contribution in [0.1, 0.15) is 25.0 Å². The monoisotopic (exact) mass is 392 g/mol. The zero-order chi connectivity index (χ0) is 21.1. The average molecular weight is 392 g/mol. The molecule has 0 fully saturated rings. The van der Waals surface area contributed by atoms with Crippen molar-refractivity contribution in [2.24, 2.45) is 21.7 Å². The molecule has 1 rings (SSSR count). The Morgan fingerprint density at radius 2 is 1.25 bits per heavy atom. The summed E-state index contributed by atoms with van der Waals surface area (Å²) in [7, 11) is 0. The molecule has 0 aliphatic rings. The zero-order valence-electron chi connectivity index (χ0n) is 15.2. The summed E-state index contributed by atoms with van der Waals surface area (Å²) in [6.07, 6.45) is 0. The number of ether oxygens (including phenoxy) is 2. The fourth-order valence-corrected chi connectivity index (χ4v) is 1.82. The van der Waals surface area contributed by atoms with E-state index in [1.165, 1.54) is 13.8 Å². The molecule has 12 nitrogen and oxygen atoms in total. The highest BCUT2D eigenvalue weighted by atomic mass is 16.5. The van der Waals surface area contributed by atoms with Crippen LogP contribution in [0.4, 0.5) is 9.59 Å². The van der Waals surface area contributed by atoms with Gasteiger partial charge in [-0.1, -0.05) is 18.2 Å². The normalized spacial score (nSPS) is 11.4. The van der Waals surface area contributed by atoms with Crippen molar-refractivity contribution in [2.75, 3.05) is 13.2 Å². The van der Waals surface area contributed by atoms with Gasteiger partial charge in [0, 0.05) is 25.0 Å². The summed E-state index contributed by atoms with van der Waals surface area (Å²) in [6.45, 7) is 1.95. The van der Waals surface area contributed by atoms with E-state index in [1.807, 2.05) is 0 Å². The van der Waals surface area contributed by atoms with E-state index in [2.05, 4.69) is 21.1 Å². The second kappa shape index (κ2) is 10.9. The molecule has 150 valence electrons. The number of hydrogen-bond acceptors (Lipinski definition) is 8. The van der Waals surface area contributed by atoms with Crippen molar-refractivity contribution in [1.82, 2.24) is 10.9 Å². The van der Waals surface area contributed by atoms with E-state index in [0.29, 0.717) is 11.1 Å². The highest BCUT2D eigenvalue weighted by Gasteiger charge is 2.12. The van der Waals surface area contributed by atoms with Gasteiger partial charge in [-0.05, 0) is 6.07 Å². The number of hydrazone groups is 2. The summed E-state index contributed by atoms with van der Waals surface area (Å²) in [6, 6.07) is 4.62. The van der Waals surface area contributed by atoms with Crippen molar-refractivity contribution in [3.63, 3.8) is 0 Å². The van der Waals surface area contributed by atoms with E-state index in [4.69, 9.17) is 20.9 Å². The van der Waals surface area contributed by atoms with Gasteiger partial charge < -0.3 is 20.9 Å². The van der Waals surface area contributed by atoms with Gasteiger partial charge in [0.2, 0.25) is 0 Å². The van der Waals surface area contributed by atoms with Crippen LogP contribution in [0.2, 0.25) is 0 Å². The lowest BCUT2D eigenvalue weighted by Crippen LogP contribution is -2.28. The first-order valence-electron chi connectivity index (χ1n) is 7.80. The number of primary amides is 2. The lowest BCUT2D eigenvalue weighted by molar-refractivity contribution is -0.140. The highest BCUT2D eigenvalue weighted by molar-refractivity contribution is 6.07. The SMILES string of the molecule is CC(=O)OCC(=NNC(N)=O)c1cccc(C(COC(C)=O)=NNC(N)=O)c1. The number of nitrogens with zero attached hydrogens (tertiary/aromatic N) is 2. The Balaban J connectivity index is 3.24. The maximum Gasteiger partial charge on any atom is 0.332 e. The smallest absolute Gasteiger partial charge is 0.332 e. The topological polar surface area (TPSA) is 188 Å². The fourth-order valence-electron chi connectivity index (χ4n) is 1.82. The van der Waals surface area contributed by atoms with Crippen LogP contribution in [0.15, 0.2) is 34.5 Å². The fraction of sp³-hybridized carbons (Fsp3) is 0.250. The minimum atomic E-state index is -0.903. The molecule has 0 bridgehead atoms. The lowest BCUT2D eigenvalue weighted by Gasteiger charge is -2.11. The minimum Gasteiger partial charge on any atom is -0.459 e. The summed E-state index contributed by atoms with van der Waals surface area (Å²) in [5.74, 6) is -1.10. The van der Waals surface area contributed by atoms with E-state index < -0.39 is 24.0 Å². The van der Waals surface area contributed by atoms with Crippen molar-refractivity contribution < 1.29 is 28.7 Å². The molecule has 1 aromatic rings. The van der Waals surface area contributed by atoms with E-state index in [-0.39, 0.29) is 24.6 Å². The van der Waals surface area contributed by atoms with Crippen molar-refractivity contribution in [3.8, 4) is 0 Å². The van der Waals surface area contributed by atoms with Gasteiger partial charge >= 0.3 is 24.0 Å². The Hall–Kier alpha value is -3.96. The number of carbonyl (C=O) groups excluding carboxylic acids is 4. The number of esters is 2. The molecular formula is C16H20N6O6. The molecule has 0 unspecified atom stereocenters. The zero-order valence-corrected chi connectivity index (χ0v) is 15.2. The highest BCUT2D eigenvalue weighted by Crippen LogP contribution is 2.10. The summed E-state index contributed by atoms with van der Waals surface area (Å²) in [5.41, 5.74) is 15.4. The second-order valence-corrected chi connectivity index (χ2v) is 5.21. The standard InChI is InChI=1S/C16H20N6O6/c1-9(23)27-7-13(19-21-15(17)25)11-4-3-5-12(6-11)14(8-28-10(2)24)20-22-16(18)26/h3-6H,7-8H2,1-2H3,(H3,17,21,25)(H3,18,22,26). The van der Waals surface area contributed by atoms with E-state index >= 15 is 0 Å². The quantitative estimate of drug-likeness (QED) is 0.263. The summed E-state index contributed by atoms with van der Waals surface area (Å²) >= 11 is 0. The lowest BCUT2D eigenvalue weighted by atomic mass is 10.0. The molecule has 0 saturated heterocycles. The molecule has 0 aliphatic carbocycles. The van der Waals surface area contributed by atoms with E-state index in [0.717, 1.165) is 0 Å². The third-order valence-electron chi connectivity index (χ3n) is 2.96. The van der Waals surface area contributed by atoms with Crippen LogP contribution in [0.3, 0.4) is 0 Å². The van der Waals surface area contributed by atoms with Crippen LogP contribution in [0.5, 0.6) is 0 Å². The molecule has 12 heteroatoms. The molecule has 0 saturated carbocycles.